The van der Waals surface area contributed by atoms with Gasteiger partial charge in [-0.05, 0) is 53.7 Å². The molecule has 0 saturated heterocycles. The van der Waals surface area contributed by atoms with Crippen molar-refractivity contribution in [1.82, 2.24) is 10.5 Å². The van der Waals surface area contributed by atoms with Crippen LogP contribution in [0, 0.1) is 6.92 Å². The summed E-state index contributed by atoms with van der Waals surface area (Å²) in [4.78, 5) is 12.8. The number of amides is 1. The quantitative estimate of drug-likeness (QED) is 0.544. The molecule has 0 spiro atoms. The number of aryl methyl sites for hydroxylation is 1. The first-order valence-electron chi connectivity index (χ1n) is 8.22. The number of thiophene rings is 1. The van der Waals surface area contributed by atoms with Crippen molar-refractivity contribution < 1.29 is 17.7 Å². The number of nitrogens with one attached hydrogen (secondary N) is 2. The summed E-state index contributed by atoms with van der Waals surface area (Å²) < 4.78 is 33.3. The first-order valence-corrected chi connectivity index (χ1v) is 11.4. The van der Waals surface area contributed by atoms with Crippen LogP contribution in [-0.4, -0.2) is 19.5 Å². The lowest BCUT2D eigenvalue weighted by molar-refractivity contribution is 0.0913. The molecule has 2 heterocycles. The molecular weight excluding hydrogens is 466 g/mol. The molecule has 0 unspecified atom stereocenters. The van der Waals surface area contributed by atoms with Crippen molar-refractivity contribution in [3.63, 3.8) is 0 Å². The van der Waals surface area contributed by atoms with Crippen LogP contribution in [-0.2, 0) is 15.6 Å². The average Bonchev–Trinajstić information content (AvgIpc) is 3.25. The molecule has 0 saturated carbocycles. The predicted molar refractivity (Wildman–Crippen MR) is 111 cm³/mol. The van der Waals surface area contributed by atoms with E-state index in [1.54, 1.807) is 12.3 Å². The van der Waals surface area contributed by atoms with E-state index < -0.39 is 21.5 Å². The molecule has 0 atom stereocenters. The second-order valence-electron chi connectivity index (χ2n) is 6.58. The van der Waals surface area contributed by atoms with Gasteiger partial charge in [0.2, 0.25) is 0 Å². The van der Waals surface area contributed by atoms with E-state index in [1.165, 1.54) is 6.07 Å². The Morgan fingerprint density at radius 1 is 1.21 bits per heavy atom. The molecule has 28 heavy (non-hydrogen) atoms. The second-order valence-corrected chi connectivity index (χ2v) is 9.94. The number of sulfonamides is 1. The van der Waals surface area contributed by atoms with E-state index in [4.69, 9.17) is 4.52 Å². The van der Waals surface area contributed by atoms with E-state index in [0.29, 0.717) is 10.2 Å². The van der Waals surface area contributed by atoms with Gasteiger partial charge < -0.3 is 9.84 Å². The number of rotatable bonds is 6. The van der Waals surface area contributed by atoms with Crippen molar-refractivity contribution in [2.75, 3.05) is 4.72 Å². The van der Waals surface area contributed by atoms with Crippen LogP contribution in [0.4, 0.5) is 5.88 Å². The van der Waals surface area contributed by atoms with Crippen LogP contribution in [0.1, 0.15) is 34.8 Å². The summed E-state index contributed by atoms with van der Waals surface area (Å²) in [5, 5.41) is 8.15. The molecule has 0 aliphatic heterocycles. The molecule has 1 aromatic carbocycles. The molecule has 1 amide bonds. The first-order chi connectivity index (χ1) is 13.1. The summed E-state index contributed by atoms with van der Waals surface area (Å²) in [6.07, 6.45) is 0. The van der Waals surface area contributed by atoms with E-state index in [1.807, 2.05) is 44.2 Å². The van der Waals surface area contributed by atoms with Crippen molar-refractivity contribution in [1.29, 1.82) is 0 Å². The van der Waals surface area contributed by atoms with Gasteiger partial charge in [-0.2, -0.15) is 0 Å². The SMILES string of the molecule is Cc1noc(NS(=O)(=O)c2ccsc2C(=O)NC(C)(C)c2ccccc2)c1Br. The molecule has 2 N–H and O–H groups in total. The highest BCUT2D eigenvalue weighted by Gasteiger charge is 2.30. The third-order valence-corrected chi connectivity index (χ3v) is 7.41. The zero-order chi connectivity index (χ0) is 20.5. The van der Waals surface area contributed by atoms with E-state index in [0.717, 1.165) is 16.9 Å². The highest BCUT2D eigenvalue weighted by atomic mass is 79.9. The Bertz CT molecular complexity index is 1110. The van der Waals surface area contributed by atoms with Gasteiger partial charge >= 0.3 is 0 Å². The fourth-order valence-electron chi connectivity index (χ4n) is 2.54. The Labute approximate surface area is 175 Å². The van der Waals surface area contributed by atoms with Gasteiger partial charge in [0.1, 0.15) is 14.2 Å². The van der Waals surface area contributed by atoms with Gasteiger partial charge in [0.05, 0.1) is 11.2 Å². The molecule has 0 aliphatic rings. The summed E-state index contributed by atoms with van der Waals surface area (Å²) >= 11 is 4.27. The molecular formula is C18H18BrN3O4S2. The van der Waals surface area contributed by atoms with Gasteiger partial charge in [-0.1, -0.05) is 35.5 Å². The average molecular weight is 484 g/mol. The van der Waals surface area contributed by atoms with Gasteiger partial charge in [0.25, 0.3) is 21.8 Å². The molecule has 0 aliphatic carbocycles. The maximum Gasteiger partial charge on any atom is 0.265 e. The van der Waals surface area contributed by atoms with E-state index in [9.17, 15) is 13.2 Å². The van der Waals surface area contributed by atoms with Gasteiger partial charge in [-0.15, -0.1) is 11.3 Å². The molecule has 2 aromatic heterocycles. The van der Waals surface area contributed by atoms with Crippen molar-refractivity contribution in [2.24, 2.45) is 0 Å². The van der Waals surface area contributed by atoms with Crippen LogP contribution in [0.15, 0.2) is 55.7 Å². The van der Waals surface area contributed by atoms with Crippen molar-refractivity contribution in [3.8, 4) is 0 Å². The lowest BCUT2D eigenvalue weighted by Crippen LogP contribution is -2.41. The summed E-state index contributed by atoms with van der Waals surface area (Å²) in [5.41, 5.74) is 0.732. The lowest BCUT2D eigenvalue weighted by atomic mass is 9.94. The normalized spacial score (nSPS) is 12.0. The first kappa shape index (κ1) is 20.6. The van der Waals surface area contributed by atoms with Crippen molar-refractivity contribution in [3.05, 3.63) is 62.4 Å². The number of halogens is 1. The molecule has 3 aromatic rings. The Hall–Kier alpha value is -2.17. The minimum Gasteiger partial charge on any atom is -0.342 e. The maximum absolute atomic E-state index is 12.8. The Morgan fingerprint density at radius 3 is 2.50 bits per heavy atom. The smallest absolute Gasteiger partial charge is 0.265 e. The minimum absolute atomic E-state index is 0.0420. The number of anilines is 1. The van der Waals surface area contributed by atoms with Crippen LogP contribution in [0.5, 0.6) is 0 Å². The lowest BCUT2D eigenvalue weighted by Gasteiger charge is -2.26. The Kier molecular flexibility index (Phi) is 5.64. The minimum atomic E-state index is -4.04. The third-order valence-electron chi connectivity index (χ3n) is 4.06. The molecule has 7 nitrogen and oxygen atoms in total. The number of carbonyl (C=O) groups is 1. The number of hydrogen-bond acceptors (Lipinski definition) is 6. The van der Waals surface area contributed by atoms with Crippen molar-refractivity contribution in [2.45, 2.75) is 31.2 Å². The van der Waals surface area contributed by atoms with Crippen LogP contribution in [0.3, 0.4) is 0 Å². The number of hydrogen-bond donors (Lipinski definition) is 2. The molecule has 148 valence electrons. The summed E-state index contributed by atoms with van der Waals surface area (Å²) in [6, 6.07) is 10.8. The third kappa shape index (κ3) is 4.13. The molecule has 3 rings (SSSR count). The predicted octanol–water partition coefficient (Wildman–Crippen LogP) is 4.27. The zero-order valence-corrected chi connectivity index (χ0v) is 18.5. The van der Waals surface area contributed by atoms with Gasteiger partial charge in [-0.3, -0.25) is 4.79 Å². The van der Waals surface area contributed by atoms with Crippen LogP contribution in [0.25, 0.3) is 0 Å². The summed E-state index contributed by atoms with van der Waals surface area (Å²) in [6.45, 7) is 5.38. The van der Waals surface area contributed by atoms with Gasteiger partial charge in [-0.25, -0.2) is 13.1 Å². The topological polar surface area (TPSA) is 101 Å². The molecule has 0 fully saturated rings. The largest absolute Gasteiger partial charge is 0.342 e. The number of aromatic nitrogens is 1. The summed E-state index contributed by atoms with van der Waals surface area (Å²) in [7, 11) is -4.04. The van der Waals surface area contributed by atoms with Crippen LogP contribution >= 0.6 is 27.3 Å². The number of nitrogens with zero attached hydrogens (tertiary/aromatic N) is 1. The highest BCUT2D eigenvalue weighted by Crippen LogP contribution is 2.30. The van der Waals surface area contributed by atoms with E-state index in [-0.39, 0.29) is 15.7 Å². The number of benzene rings is 1. The molecule has 0 bridgehead atoms. The number of carbonyl (C=O) groups excluding carboxylic acids is 1. The highest BCUT2D eigenvalue weighted by molar-refractivity contribution is 9.10. The van der Waals surface area contributed by atoms with E-state index in [2.05, 4.69) is 31.1 Å². The Morgan fingerprint density at radius 2 is 1.89 bits per heavy atom. The molecule has 10 heteroatoms. The Balaban J connectivity index is 1.86. The molecule has 0 radical (unpaired) electrons. The van der Waals surface area contributed by atoms with Gasteiger partial charge in [0, 0.05) is 0 Å². The fourth-order valence-corrected chi connectivity index (χ4v) is 5.24. The standard InChI is InChI=1S/C18H18BrN3O4S2/c1-11-14(19)17(26-21-11)22-28(24,25)13-9-10-27-15(13)16(23)20-18(2,3)12-7-5-4-6-8-12/h4-10,22H,1-3H3,(H,20,23). The monoisotopic (exact) mass is 483 g/mol. The van der Waals surface area contributed by atoms with Crippen LogP contribution < -0.4 is 10.0 Å². The maximum atomic E-state index is 12.8. The second kappa shape index (κ2) is 7.69. The van der Waals surface area contributed by atoms with Gasteiger partial charge in [0.15, 0.2) is 0 Å². The summed E-state index contributed by atoms with van der Waals surface area (Å²) in [5.74, 6) is -0.517. The zero-order valence-electron chi connectivity index (χ0n) is 15.3. The fraction of sp³-hybridized carbons (Fsp3) is 0.222. The van der Waals surface area contributed by atoms with Crippen molar-refractivity contribution >= 4 is 49.1 Å². The van der Waals surface area contributed by atoms with Crippen LogP contribution in [0.2, 0.25) is 0 Å². The van der Waals surface area contributed by atoms with E-state index >= 15 is 0 Å².